The largest absolute Gasteiger partial charge is 0.378 e. The average Bonchev–Trinajstić information content (AvgIpc) is 2.38. The van der Waals surface area contributed by atoms with Crippen LogP contribution in [-0.2, 0) is 9.53 Å². The molecule has 20 heavy (non-hydrogen) atoms. The minimum atomic E-state index is -0.784. The van der Waals surface area contributed by atoms with Gasteiger partial charge in [-0.2, -0.15) is 0 Å². The molecular weight excluding hydrogens is 252 g/mol. The summed E-state index contributed by atoms with van der Waals surface area (Å²) < 4.78 is 5.69. The van der Waals surface area contributed by atoms with Crippen molar-refractivity contribution < 1.29 is 9.53 Å². The van der Waals surface area contributed by atoms with Crippen LogP contribution < -0.4 is 11.1 Å². The fourth-order valence-corrected chi connectivity index (χ4v) is 3.70. The number of nitrogens with two attached hydrogens (primary N) is 1. The van der Waals surface area contributed by atoms with E-state index in [4.69, 9.17) is 10.5 Å². The Morgan fingerprint density at radius 2 is 2.10 bits per heavy atom. The number of carbonyl (C=O) groups excluding carboxylic acids is 1. The zero-order chi connectivity index (χ0) is 15.0. The van der Waals surface area contributed by atoms with Gasteiger partial charge in [0.05, 0.1) is 6.10 Å². The van der Waals surface area contributed by atoms with E-state index in [1.54, 1.807) is 0 Å². The van der Waals surface area contributed by atoms with Crippen LogP contribution in [0.2, 0.25) is 0 Å². The summed E-state index contributed by atoms with van der Waals surface area (Å²) in [7, 11) is 0. The Hall–Kier alpha value is -0.610. The number of hydrogen-bond donors (Lipinski definition) is 2. The standard InChI is InChI=1S/C16H30N2O2/c1-5-20-13-10-16(17,15(13,3)4)14(19)18-12-8-6-7-11(2)9-12/h11-13H,5-10,17H2,1-4H3,(H,18,19). The molecule has 0 heterocycles. The second-order valence-electron chi connectivity index (χ2n) is 7.28. The van der Waals surface area contributed by atoms with E-state index in [-0.39, 0.29) is 17.4 Å². The summed E-state index contributed by atoms with van der Waals surface area (Å²) in [6.45, 7) is 9.00. The van der Waals surface area contributed by atoms with Crippen molar-refractivity contribution in [1.82, 2.24) is 5.32 Å². The van der Waals surface area contributed by atoms with Crippen molar-refractivity contribution in [2.24, 2.45) is 17.1 Å². The maximum atomic E-state index is 12.6. The molecule has 4 nitrogen and oxygen atoms in total. The second-order valence-corrected chi connectivity index (χ2v) is 7.28. The van der Waals surface area contributed by atoms with Gasteiger partial charge in [0.15, 0.2) is 0 Å². The van der Waals surface area contributed by atoms with Gasteiger partial charge in [0.2, 0.25) is 5.91 Å². The van der Waals surface area contributed by atoms with E-state index in [0.29, 0.717) is 25.0 Å². The van der Waals surface area contributed by atoms with Gasteiger partial charge in [0.1, 0.15) is 5.54 Å². The van der Waals surface area contributed by atoms with Crippen molar-refractivity contribution in [2.45, 2.75) is 77.5 Å². The number of rotatable bonds is 4. The monoisotopic (exact) mass is 282 g/mol. The highest BCUT2D eigenvalue weighted by atomic mass is 16.5. The quantitative estimate of drug-likeness (QED) is 0.831. The van der Waals surface area contributed by atoms with Gasteiger partial charge >= 0.3 is 0 Å². The van der Waals surface area contributed by atoms with E-state index in [1.165, 1.54) is 12.8 Å². The SMILES string of the molecule is CCOC1CC(N)(C(=O)NC2CCCC(C)C2)C1(C)C. The average molecular weight is 282 g/mol. The molecule has 0 spiro atoms. The fourth-order valence-electron chi connectivity index (χ4n) is 3.70. The Kier molecular flexibility index (Phi) is 4.45. The van der Waals surface area contributed by atoms with Crippen molar-refractivity contribution in [3.8, 4) is 0 Å². The summed E-state index contributed by atoms with van der Waals surface area (Å²) in [6.07, 6.45) is 5.36. The van der Waals surface area contributed by atoms with Crippen LogP contribution in [0, 0.1) is 11.3 Å². The molecule has 4 unspecified atom stereocenters. The van der Waals surface area contributed by atoms with E-state index in [1.807, 2.05) is 20.8 Å². The minimum Gasteiger partial charge on any atom is -0.378 e. The van der Waals surface area contributed by atoms with Crippen LogP contribution >= 0.6 is 0 Å². The summed E-state index contributed by atoms with van der Waals surface area (Å²) in [5.41, 5.74) is 5.32. The molecule has 4 heteroatoms. The predicted octanol–water partition coefficient (Wildman–Crippen LogP) is 2.21. The molecule has 2 aliphatic rings. The van der Waals surface area contributed by atoms with Crippen LogP contribution in [0.15, 0.2) is 0 Å². The zero-order valence-corrected chi connectivity index (χ0v) is 13.4. The molecule has 116 valence electrons. The lowest BCUT2D eigenvalue weighted by molar-refractivity contribution is -0.171. The van der Waals surface area contributed by atoms with Crippen LogP contribution in [0.4, 0.5) is 0 Å². The zero-order valence-electron chi connectivity index (χ0n) is 13.4. The first-order chi connectivity index (χ1) is 9.31. The maximum Gasteiger partial charge on any atom is 0.241 e. The van der Waals surface area contributed by atoms with E-state index in [9.17, 15) is 4.79 Å². The van der Waals surface area contributed by atoms with Crippen LogP contribution in [0.1, 0.15) is 59.8 Å². The van der Waals surface area contributed by atoms with Crippen LogP contribution in [-0.4, -0.2) is 30.2 Å². The summed E-state index contributed by atoms with van der Waals surface area (Å²) in [5.74, 6) is 0.714. The third-order valence-corrected chi connectivity index (χ3v) is 5.51. The lowest BCUT2D eigenvalue weighted by Gasteiger charge is -2.57. The third kappa shape index (κ3) is 2.60. The predicted molar refractivity (Wildman–Crippen MR) is 80.3 cm³/mol. The minimum absolute atomic E-state index is 0.0116. The van der Waals surface area contributed by atoms with Gasteiger partial charge in [-0.25, -0.2) is 0 Å². The normalized spacial score (nSPS) is 40.0. The van der Waals surface area contributed by atoms with Gasteiger partial charge in [-0.15, -0.1) is 0 Å². The number of carbonyl (C=O) groups is 1. The van der Waals surface area contributed by atoms with Crippen LogP contribution in [0.3, 0.4) is 0 Å². The molecular formula is C16H30N2O2. The third-order valence-electron chi connectivity index (χ3n) is 5.51. The smallest absolute Gasteiger partial charge is 0.241 e. The molecule has 0 aliphatic heterocycles. The Morgan fingerprint density at radius 1 is 1.40 bits per heavy atom. The molecule has 0 aromatic rings. The van der Waals surface area contributed by atoms with Gasteiger partial charge in [-0.05, 0) is 25.7 Å². The molecule has 2 aliphatic carbocycles. The number of ether oxygens (including phenoxy) is 1. The van der Waals surface area contributed by atoms with E-state index in [2.05, 4.69) is 12.2 Å². The molecule has 0 saturated heterocycles. The number of amides is 1. The topological polar surface area (TPSA) is 64.3 Å². The summed E-state index contributed by atoms with van der Waals surface area (Å²) in [4.78, 5) is 12.6. The van der Waals surface area contributed by atoms with Crippen molar-refractivity contribution in [2.75, 3.05) is 6.61 Å². The van der Waals surface area contributed by atoms with Crippen molar-refractivity contribution in [3.05, 3.63) is 0 Å². The molecule has 3 N–H and O–H groups in total. The first-order valence-electron chi connectivity index (χ1n) is 8.02. The first kappa shape index (κ1) is 15.8. The molecule has 2 fully saturated rings. The lowest BCUT2D eigenvalue weighted by atomic mass is 9.54. The van der Waals surface area contributed by atoms with Gasteiger partial charge in [0.25, 0.3) is 0 Å². The molecule has 1 amide bonds. The van der Waals surface area contributed by atoms with Crippen molar-refractivity contribution in [3.63, 3.8) is 0 Å². The van der Waals surface area contributed by atoms with Crippen molar-refractivity contribution in [1.29, 1.82) is 0 Å². The fraction of sp³-hybridized carbons (Fsp3) is 0.938. The Balaban J connectivity index is 1.95. The van der Waals surface area contributed by atoms with Gasteiger partial charge in [-0.3, -0.25) is 4.79 Å². The molecule has 0 aromatic carbocycles. The summed E-state index contributed by atoms with van der Waals surface area (Å²) in [6, 6.07) is 0.300. The lowest BCUT2D eigenvalue weighted by Crippen LogP contribution is -2.76. The maximum absolute atomic E-state index is 12.6. The molecule has 0 bridgehead atoms. The Morgan fingerprint density at radius 3 is 2.65 bits per heavy atom. The Labute approximate surface area is 122 Å². The van der Waals surface area contributed by atoms with E-state index >= 15 is 0 Å². The Bertz CT molecular complexity index is 369. The van der Waals surface area contributed by atoms with E-state index < -0.39 is 5.54 Å². The van der Waals surface area contributed by atoms with Gasteiger partial charge in [-0.1, -0.05) is 33.6 Å². The van der Waals surface area contributed by atoms with Gasteiger partial charge in [0, 0.05) is 24.5 Å². The molecule has 0 aromatic heterocycles. The number of hydrogen-bond acceptors (Lipinski definition) is 3. The number of nitrogens with one attached hydrogen (secondary N) is 1. The highest BCUT2D eigenvalue weighted by molar-refractivity contribution is 5.89. The summed E-state index contributed by atoms with van der Waals surface area (Å²) >= 11 is 0. The molecule has 0 radical (unpaired) electrons. The molecule has 2 rings (SSSR count). The van der Waals surface area contributed by atoms with Crippen molar-refractivity contribution >= 4 is 5.91 Å². The molecule has 2 saturated carbocycles. The first-order valence-corrected chi connectivity index (χ1v) is 8.02. The van der Waals surface area contributed by atoms with Crippen LogP contribution in [0.25, 0.3) is 0 Å². The molecule has 4 atom stereocenters. The van der Waals surface area contributed by atoms with Crippen LogP contribution in [0.5, 0.6) is 0 Å². The second kappa shape index (κ2) is 5.64. The highest BCUT2D eigenvalue weighted by Crippen LogP contribution is 2.50. The highest BCUT2D eigenvalue weighted by Gasteiger charge is 2.63. The van der Waals surface area contributed by atoms with E-state index in [0.717, 1.165) is 12.8 Å². The summed E-state index contributed by atoms with van der Waals surface area (Å²) in [5, 5.41) is 3.19. The van der Waals surface area contributed by atoms with Gasteiger partial charge < -0.3 is 15.8 Å².